The summed E-state index contributed by atoms with van der Waals surface area (Å²) in [7, 11) is 0. The molecule has 6 heteroatoms. The minimum atomic E-state index is -4.85. The highest BCUT2D eigenvalue weighted by Crippen LogP contribution is 2.24. The first kappa shape index (κ1) is 11.9. The van der Waals surface area contributed by atoms with Gasteiger partial charge in [-0.25, -0.2) is 4.39 Å². The van der Waals surface area contributed by atoms with Crippen molar-refractivity contribution < 1.29 is 22.3 Å². The van der Waals surface area contributed by atoms with E-state index in [1.54, 1.807) is 0 Å². The largest absolute Gasteiger partial charge is 0.573 e. The molecule has 0 aliphatic carbocycles. The summed E-state index contributed by atoms with van der Waals surface area (Å²) >= 11 is 0. The minimum absolute atomic E-state index is 0.330. The zero-order chi connectivity index (χ0) is 12.2. The molecule has 0 aromatic heterocycles. The molecule has 0 unspecified atom stereocenters. The summed E-state index contributed by atoms with van der Waals surface area (Å²) in [6, 6.07) is 3.79. The molecule has 1 aromatic rings. The van der Waals surface area contributed by atoms with Crippen LogP contribution in [0.1, 0.15) is 5.56 Å². The third-order valence-electron chi connectivity index (χ3n) is 1.42. The number of hydrogen-bond acceptors (Lipinski definition) is 2. The van der Waals surface area contributed by atoms with E-state index in [2.05, 4.69) is 10.7 Å². The van der Waals surface area contributed by atoms with Crippen LogP contribution in [-0.4, -0.2) is 6.36 Å². The van der Waals surface area contributed by atoms with E-state index in [-0.39, 0.29) is 5.56 Å². The monoisotopic (exact) mass is 229 g/mol. The molecule has 16 heavy (non-hydrogen) atoms. The molecule has 0 aliphatic heterocycles. The standard InChI is InChI=1S/C10H3F4NO/c11-9-4-3-8(16-10(12,13)14)6-7(9)2-1-5-15/h3-4,6H. The van der Waals surface area contributed by atoms with E-state index in [0.29, 0.717) is 0 Å². The van der Waals surface area contributed by atoms with Crippen LogP contribution in [0.2, 0.25) is 0 Å². The molecular formula is C10H3F4NO. The van der Waals surface area contributed by atoms with Crippen molar-refractivity contribution in [3.05, 3.63) is 29.6 Å². The van der Waals surface area contributed by atoms with Crippen LogP contribution in [0.5, 0.6) is 5.75 Å². The van der Waals surface area contributed by atoms with Crippen molar-refractivity contribution in [2.75, 3.05) is 0 Å². The van der Waals surface area contributed by atoms with Gasteiger partial charge in [0, 0.05) is 5.92 Å². The summed E-state index contributed by atoms with van der Waals surface area (Å²) in [5.74, 6) is 2.52. The fraction of sp³-hybridized carbons (Fsp3) is 0.100. The van der Waals surface area contributed by atoms with Gasteiger partial charge in [0.1, 0.15) is 11.6 Å². The predicted octanol–water partition coefficient (Wildman–Crippen LogP) is 2.60. The first-order valence-corrected chi connectivity index (χ1v) is 3.88. The number of alkyl halides is 3. The molecule has 0 heterocycles. The molecule has 0 atom stereocenters. The molecule has 0 fully saturated rings. The maximum Gasteiger partial charge on any atom is 0.573 e. The van der Waals surface area contributed by atoms with Crippen LogP contribution >= 0.6 is 0 Å². The van der Waals surface area contributed by atoms with Crippen LogP contribution < -0.4 is 4.74 Å². The van der Waals surface area contributed by atoms with Gasteiger partial charge in [-0.2, -0.15) is 5.26 Å². The average molecular weight is 229 g/mol. The smallest absolute Gasteiger partial charge is 0.406 e. The number of rotatable bonds is 1. The Morgan fingerprint density at radius 3 is 2.50 bits per heavy atom. The van der Waals surface area contributed by atoms with E-state index >= 15 is 0 Å². The number of benzene rings is 1. The van der Waals surface area contributed by atoms with Crippen molar-refractivity contribution >= 4 is 0 Å². The molecule has 0 saturated carbocycles. The Morgan fingerprint density at radius 1 is 1.25 bits per heavy atom. The van der Waals surface area contributed by atoms with Gasteiger partial charge in [-0.1, -0.05) is 0 Å². The summed E-state index contributed by atoms with van der Waals surface area (Å²) in [6.45, 7) is 0. The predicted molar refractivity (Wildman–Crippen MR) is 45.6 cm³/mol. The van der Waals surface area contributed by atoms with E-state index in [0.717, 1.165) is 18.2 Å². The molecule has 0 bridgehead atoms. The maximum absolute atomic E-state index is 13.0. The Kier molecular flexibility index (Phi) is 3.37. The molecule has 82 valence electrons. The van der Waals surface area contributed by atoms with Gasteiger partial charge in [0.25, 0.3) is 0 Å². The van der Waals surface area contributed by atoms with Gasteiger partial charge < -0.3 is 4.74 Å². The number of ether oxygens (including phenoxy) is 1. The van der Waals surface area contributed by atoms with Gasteiger partial charge in [0.2, 0.25) is 0 Å². The summed E-state index contributed by atoms with van der Waals surface area (Å²) in [5, 5.41) is 8.12. The van der Waals surface area contributed by atoms with Crippen molar-refractivity contribution in [1.82, 2.24) is 0 Å². The Hall–Kier alpha value is -2.21. The van der Waals surface area contributed by atoms with Crippen LogP contribution in [0.25, 0.3) is 0 Å². The highest BCUT2D eigenvalue weighted by molar-refractivity contribution is 5.43. The Bertz CT molecular complexity index is 490. The van der Waals surface area contributed by atoms with Crippen molar-refractivity contribution in [2.45, 2.75) is 6.36 Å². The third-order valence-corrected chi connectivity index (χ3v) is 1.42. The molecule has 0 aliphatic rings. The van der Waals surface area contributed by atoms with Crippen molar-refractivity contribution in [2.24, 2.45) is 0 Å². The van der Waals surface area contributed by atoms with Gasteiger partial charge in [-0.3, -0.25) is 0 Å². The molecule has 2 nitrogen and oxygen atoms in total. The van der Waals surface area contributed by atoms with Crippen molar-refractivity contribution in [3.8, 4) is 23.7 Å². The summed E-state index contributed by atoms with van der Waals surface area (Å²) in [4.78, 5) is 0. The first-order valence-electron chi connectivity index (χ1n) is 3.88. The van der Waals surface area contributed by atoms with Crippen LogP contribution in [0, 0.1) is 29.0 Å². The second kappa shape index (κ2) is 4.54. The number of hydrogen-bond donors (Lipinski definition) is 0. The van der Waals surface area contributed by atoms with Gasteiger partial charge in [0.15, 0.2) is 6.07 Å². The lowest BCUT2D eigenvalue weighted by Gasteiger charge is -2.08. The summed E-state index contributed by atoms with van der Waals surface area (Å²) in [5.41, 5.74) is -0.330. The zero-order valence-electron chi connectivity index (χ0n) is 7.60. The normalized spacial score (nSPS) is 9.94. The van der Waals surface area contributed by atoms with Crippen molar-refractivity contribution in [1.29, 1.82) is 5.26 Å². The fourth-order valence-electron chi connectivity index (χ4n) is 0.893. The SMILES string of the molecule is N#CC#Cc1cc(OC(F)(F)F)ccc1F. The quantitative estimate of drug-likeness (QED) is 0.547. The van der Waals surface area contributed by atoms with E-state index in [4.69, 9.17) is 5.26 Å². The zero-order valence-corrected chi connectivity index (χ0v) is 7.60. The Balaban J connectivity index is 3.04. The van der Waals surface area contributed by atoms with Crippen LogP contribution in [0.4, 0.5) is 17.6 Å². The Labute approximate surface area is 88.1 Å². The highest BCUT2D eigenvalue weighted by atomic mass is 19.4. The molecular weight excluding hydrogens is 226 g/mol. The lowest BCUT2D eigenvalue weighted by molar-refractivity contribution is -0.274. The Morgan fingerprint density at radius 2 is 1.94 bits per heavy atom. The van der Waals surface area contributed by atoms with Crippen LogP contribution in [0.3, 0.4) is 0 Å². The first-order chi connectivity index (χ1) is 7.42. The topological polar surface area (TPSA) is 33.0 Å². The molecule has 0 radical (unpaired) electrons. The number of nitrogens with zero attached hydrogens (tertiary/aromatic N) is 1. The van der Waals surface area contributed by atoms with E-state index in [9.17, 15) is 17.6 Å². The summed E-state index contributed by atoms with van der Waals surface area (Å²) < 4.78 is 52.0. The number of halogens is 4. The molecule has 1 rings (SSSR count). The van der Waals surface area contributed by atoms with E-state index in [1.807, 2.05) is 5.92 Å². The highest BCUT2D eigenvalue weighted by Gasteiger charge is 2.31. The van der Waals surface area contributed by atoms with Crippen LogP contribution in [-0.2, 0) is 0 Å². The van der Waals surface area contributed by atoms with Crippen LogP contribution in [0.15, 0.2) is 18.2 Å². The molecule has 0 saturated heterocycles. The molecule has 0 amide bonds. The second-order valence-corrected chi connectivity index (χ2v) is 2.55. The summed E-state index contributed by atoms with van der Waals surface area (Å²) in [6.07, 6.45) is -4.85. The minimum Gasteiger partial charge on any atom is -0.406 e. The fourth-order valence-corrected chi connectivity index (χ4v) is 0.893. The van der Waals surface area contributed by atoms with Gasteiger partial charge in [-0.05, 0) is 24.1 Å². The maximum atomic E-state index is 13.0. The second-order valence-electron chi connectivity index (χ2n) is 2.55. The average Bonchev–Trinajstić information content (AvgIpc) is 2.17. The van der Waals surface area contributed by atoms with Gasteiger partial charge in [-0.15, -0.1) is 13.2 Å². The van der Waals surface area contributed by atoms with Crippen molar-refractivity contribution in [3.63, 3.8) is 0 Å². The molecule has 0 spiro atoms. The van der Waals surface area contributed by atoms with E-state index < -0.39 is 17.9 Å². The van der Waals surface area contributed by atoms with E-state index in [1.165, 1.54) is 6.07 Å². The molecule has 0 N–H and O–H groups in total. The lowest BCUT2D eigenvalue weighted by atomic mass is 10.2. The third kappa shape index (κ3) is 3.50. The lowest BCUT2D eigenvalue weighted by Crippen LogP contribution is -2.17. The molecule has 1 aromatic carbocycles. The van der Waals surface area contributed by atoms with Gasteiger partial charge in [0.05, 0.1) is 5.56 Å². The van der Waals surface area contributed by atoms with Gasteiger partial charge >= 0.3 is 6.36 Å². The number of nitriles is 1.